The summed E-state index contributed by atoms with van der Waals surface area (Å²) in [5, 5.41) is 12.2. The first-order valence-electron chi connectivity index (χ1n) is 12.1. The Morgan fingerprint density at radius 2 is 1.68 bits per heavy atom. The summed E-state index contributed by atoms with van der Waals surface area (Å²) in [7, 11) is 3.90. The van der Waals surface area contributed by atoms with E-state index in [1.807, 2.05) is 13.8 Å². The zero-order chi connectivity index (χ0) is 28.9. The van der Waals surface area contributed by atoms with Gasteiger partial charge in [-0.2, -0.15) is 0 Å². The van der Waals surface area contributed by atoms with Gasteiger partial charge in [0.05, 0.1) is 0 Å². The van der Waals surface area contributed by atoms with Crippen molar-refractivity contribution >= 4 is 23.0 Å². The number of pyridine rings is 1. The Morgan fingerprint density at radius 3 is 2.35 bits per heavy atom. The fourth-order valence-corrected chi connectivity index (χ4v) is 4.35. The summed E-state index contributed by atoms with van der Waals surface area (Å²) in [6.07, 6.45) is 4.17. The minimum absolute atomic E-state index is 0. The van der Waals surface area contributed by atoms with Crippen molar-refractivity contribution < 1.29 is 17.1 Å². The number of halogens is 1. The highest BCUT2D eigenvalue weighted by Gasteiger charge is 2.52. The minimum Gasteiger partial charge on any atom is -0.348 e. The summed E-state index contributed by atoms with van der Waals surface area (Å²) in [4.78, 5) is 68.5. The number of carbonyl (C=O) groups excluding carboxylic acids is 1. The SMILES string of the molecule is CC.CN1C(=O)N(C)C(O)(n2c(=O)n(C)c(=O)c3[nH]c(-c4ncccn4)nc32)c2[nH]c(-c3cc(F)ccn3)nc21.[HH].[HH]. The number of nitrogens with zero attached hydrogens (tertiary/aromatic N) is 9. The molecule has 1 aliphatic rings. The normalized spacial score (nSPS) is 16.6. The number of hydrogen-bond acceptors (Lipinski definition) is 9. The lowest BCUT2D eigenvalue weighted by Crippen LogP contribution is -2.63. The molecule has 0 aliphatic carbocycles. The average Bonchev–Trinajstić information content (AvgIpc) is 3.62. The Balaban J connectivity index is 0.00000119. The third-order valence-electron chi connectivity index (χ3n) is 6.33. The molecule has 5 aromatic rings. The van der Waals surface area contributed by atoms with Crippen molar-refractivity contribution in [3.8, 4) is 23.2 Å². The second-order valence-corrected chi connectivity index (χ2v) is 8.52. The van der Waals surface area contributed by atoms with E-state index in [0.29, 0.717) is 0 Å². The van der Waals surface area contributed by atoms with E-state index in [2.05, 4.69) is 34.9 Å². The Bertz CT molecular complexity index is 1890. The van der Waals surface area contributed by atoms with Crippen molar-refractivity contribution in [3.05, 3.63) is 69.1 Å². The Hall–Kier alpha value is -5.25. The highest BCUT2D eigenvalue weighted by Crippen LogP contribution is 2.39. The smallest absolute Gasteiger partial charge is 0.336 e. The summed E-state index contributed by atoms with van der Waals surface area (Å²) in [6, 6.07) is 3.12. The number of anilines is 1. The number of fused-ring (bicyclic) bond motifs is 2. The fourth-order valence-electron chi connectivity index (χ4n) is 4.35. The quantitative estimate of drug-likeness (QED) is 0.298. The predicted octanol–water partition coefficient (Wildman–Crippen LogP) is 1.48. The van der Waals surface area contributed by atoms with Gasteiger partial charge < -0.3 is 15.1 Å². The highest BCUT2D eigenvalue weighted by atomic mass is 19.1. The van der Waals surface area contributed by atoms with E-state index in [4.69, 9.17) is 0 Å². The van der Waals surface area contributed by atoms with Gasteiger partial charge in [0, 0.05) is 48.7 Å². The molecule has 1 unspecified atom stereocenters. The molecule has 0 fully saturated rings. The molecule has 0 bridgehead atoms. The number of carbonyl (C=O) groups is 1. The van der Waals surface area contributed by atoms with E-state index in [-0.39, 0.29) is 48.7 Å². The van der Waals surface area contributed by atoms with Gasteiger partial charge >= 0.3 is 11.7 Å². The van der Waals surface area contributed by atoms with E-state index in [1.165, 1.54) is 39.7 Å². The number of hydrogen-bond donors (Lipinski definition) is 3. The first-order chi connectivity index (χ1) is 19.1. The molecule has 6 heterocycles. The van der Waals surface area contributed by atoms with Crippen LogP contribution in [-0.2, 0) is 12.9 Å². The third-order valence-corrected chi connectivity index (χ3v) is 6.33. The van der Waals surface area contributed by atoms with Crippen LogP contribution in [0.5, 0.6) is 0 Å². The van der Waals surface area contributed by atoms with Crippen molar-refractivity contribution in [1.82, 2.24) is 48.9 Å². The lowest BCUT2D eigenvalue weighted by Gasteiger charge is -2.43. The van der Waals surface area contributed by atoms with Gasteiger partial charge in [-0.25, -0.2) is 38.5 Å². The van der Waals surface area contributed by atoms with Crippen molar-refractivity contribution in [2.24, 2.45) is 7.05 Å². The maximum Gasteiger partial charge on any atom is 0.336 e. The van der Waals surface area contributed by atoms with Gasteiger partial charge in [0.1, 0.15) is 17.2 Å². The third kappa shape index (κ3) is 3.68. The molecule has 210 valence electrons. The van der Waals surface area contributed by atoms with E-state index in [1.54, 1.807) is 6.07 Å². The van der Waals surface area contributed by atoms with Gasteiger partial charge in [-0.15, -0.1) is 0 Å². The number of imidazole rings is 2. The van der Waals surface area contributed by atoms with Crippen LogP contribution in [0.15, 0.2) is 46.4 Å². The summed E-state index contributed by atoms with van der Waals surface area (Å²) in [6.45, 7) is 4.00. The molecule has 2 amide bonds. The largest absolute Gasteiger partial charge is 0.348 e. The molecule has 6 rings (SSSR count). The van der Waals surface area contributed by atoms with E-state index < -0.39 is 28.9 Å². The van der Waals surface area contributed by atoms with Crippen LogP contribution in [0.25, 0.3) is 34.3 Å². The summed E-state index contributed by atoms with van der Waals surface area (Å²) >= 11 is 0. The fraction of sp³-hybridized carbons (Fsp3) is 0.250. The van der Waals surface area contributed by atoms with Crippen LogP contribution in [0.1, 0.15) is 22.4 Å². The average molecular weight is 554 g/mol. The summed E-state index contributed by atoms with van der Waals surface area (Å²) in [5.41, 5.74) is -2.14. The van der Waals surface area contributed by atoms with Crippen molar-refractivity contribution in [2.75, 3.05) is 19.0 Å². The van der Waals surface area contributed by atoms with Crippen LogP contribution < -0.4 is 16.1 Å². The molecule has 3 N–H and O–H groups in total. The molecule has 1 aliphatic heterocycles. The molecule has 15 nitrogen and oxygen atoms in total. The number of aromatic nitrogens is 9. The Labute approximate surface area is 227 Å². The van der Waals surface area contributed by atoms with Crippen LogP contribution in [0.2, 0.25) is 0 Å². The van der Waals surface area contributed by atoms with Gasteiger partial charge in [-0.3, -0.25) is 24.1 Å². The number of aromatic amines is 2. The van der Waals surface area contributed by atoms with Crippen molar-refractivity contribution in [2.45, 2.75) is 19.7 Å². The van der Waals surface area contributed by atoms with Crippen molar-refractivity contribution in [1.29, 1.82) is 0 Å². The minimum atomic E-state index is -2.55. The zero-order valence-electron chi connectivity index (χ0n) is 22.0. The number of nitrogens with one attached hydrogen (secondary N) is 2. The Kier molecular flexibility index (Phi) is 6.26. The molecule has 5 aromatic heterocycles. The van der Waals surface area contributed by atoms with Gasteiger partial charge in [0.15, 0.2) is 34.5 Å². The van der Waals surface area contributed by atoms with Crippen LogP contribution >= 0.6 is 0 Å². The second kappa shape index (κ2) is 9.49. The highest BCUT2D eigenvalue weighted by molar-refractivity contribution is 5.94. The summed E-state index contributed by atoms with van der Waals surface area (Å²) in [5.74, 6) is -2.97. The second-order valence-electron chi connectivity index (χ2n) is 8.52. The van der Waals surface area contributed by atoms with Gasteiger partial charge in [0.25, 0.3) is 11.4 Å². The Morgan fingerprint density at radius 1 is 0.975 bits per heavy atom. The number of amides is 2. The standard InChI is InChI=1S/C22H18FN11O4.C2H6.2H2/c1-31-18-13(28-14(29-18)11-9-10(23)5-8-24-11)22(38,33(3)20(31)36)34-17-12(19(35)32(2)21(34)37)27-16(30-17)15-25-6-4-7-26-15;1-2;;/h4-9,38H,1-3H3,(H,27,30)(H,28,29);1-2H3;2*1H. The molecule has 40 heavy (non-hydrogen) atoms. The number of rotatable bonds is 3. The van der Waals surface area contributed by atoms with E-state index in [9.17, 15) is 23.9 Å². The number of H-pyrrole nitrogens is 2. The summed E-state index contributed by atoms with van der Waals surface area (Å²) < 4.78 is 15.5. The van der Waals surface area contributed by atoms with Crippen LogP contribution in [0.3, 0.4) is 0 Å². The topological polar surface area (TPSA) is 184 Å². The van der Waals surface area contributed by atoms with Crippen molar-refractivity contribution in [3.63, 3.8) is 0 Å². The molecule has 0 saturated heterocycles. The first-order valence-corrected chi connectivity index (χ1v) is 12.1. The molecule has 0 saturated carbocycles. The molecular weight excluding hydrogens is 525 g/mol. The zero-order valence-corrected chi connectivity index (χ0v) is 22.0. The maximum atomic E-state index is 13.9. The van der Waals surface area contributed by atoms with Gasteiger partial charge in [-0.1, -0.05) is 13.8 Å². The molecule has 16 heteroatoms. The molecule has 0 radical (unpaired) electrons. The maximum absolute atomic E-state index is 13.9. The van der Waals surface area contributed by atoms with Gasteiger partial charge in [-0.05, 0) is 12.1 Å². The monoisotopic (exact) mass is 553 g/mol. The van der Waals surface area contributed by atoms with Crippen LogP contribution in [-0.4, -0.2) is 74.2 Å². The van der Waals surface area contributed by atoms with Gasteiger partial charge in [0.2, 0.25) is 0 Å². The molecule has 0 aromatic carbocycles. The van der Waals surface area contributed by atoms with E-state index in [0.717, 1.165) is 31.1 Å². The lowest BCUT2D eigenvalue weighted by molar-refractivity contribution is -0.108. The van der Waals surface area contributed by atoms with Crippen LogP contribution in [0, 0.1) is 5.82 Å². The first kappa shape index (κ1) is 26.4. The van der Waals surface area contributed by atoms with Crippen LogP contribution in [0.4, 0.5) is 15.0 Å². The van der Waals surface area contributed by atoms with E-state index >= 15 is 0 Å². The predicted molar refractivity (Wildman–Crippen MR) is 145 cm³/mol. The number of urea groups is 1. The molecule has 0 spiro atoms. The molecule has 1 atom stereocenters. The number of aliphatic hydroxyl groups is 1. The molecular formula is C24H28FN11O4. The lowest BCUT2D eigenvalue weighted by atomic mass is 10.2.